The predicted octanol–water partition coefficient (Wildman–Crippen LogP) is -0.312. The van der Waals surface area contributed by atoms with Gasteiger partial charge in [-0.2, -0.15) is 0 Å². The Hall–Kier alpha value is -0.810. The topological polar surface area (TPSA) is 4.93 Å². The summed E-state index contributed by atoms with van der Waals surface area (Å²) in [6.07, 6.45) is 2.13. The van der Waals surface area contributed by atoms with Crippen LogP contribution in [0.3, 0.4) is 0 Å². The minimum atomic E-state index is 0. The normalized spacial score (nSPS) is 11.0. The summed E-state index contributed by atoms with van der Waals surface area (Å²) in [5.41, 5.74) is 2.58. The van der Waals surface area contributed by atoms with E-state index in [1.54, 1.807) is 0 Å². The molecule has 0 saturated carbocycles. The van der Waals surface area contributed by atoms with Crippen molar-refractivity contribution in [3.8, 4) is 5.69 Å². The SMILES string of the molecule is C[N+](C)(C)Cc1cccn1-c1ccccc1.[I-]. The molecule has 1 heterocycles. The summed E-state index contributed by atoms with van der Waals surface area (Å²) < 4.78 is 3.19. The number of hydrogen-bond acceptors (Lipinski definition) is 0. The highest BCUT2D eigenvalue weighted by molar-refractivity contribution is 5.34. The molecule has 0 atom stereocenters. The molecule has 0 saturated heterocycles. The minimum absolute atomic E-state index is 0. The number of aromatic nitrogens is 1. The fraction of sp³-hybridized carbons (Fsp3) is 0.286. The Morgan fingerprint density at radius 2 is 1.59 bits per heavy atom. The van der Waals surface area contributed by atoms with Crippen molar-refractivity contribution >= 4 is 0 Å². The lowest BCUT2D eigenvalue weighted by molar-refractivity contribution is -0.884. The van der Waals surface area contributed by atoms with Crippen LogP contribution in [0.25, 0.3) is 5.69 Å². The van der Waals surface area contributed by atoms with Gasteiger partial charge in [0.1, 0.15) is 6.54 Å². The van der Waals surface area contributed by atoms with E-state index in [0.29, 0.717) is 0 Å². The summed E-state index contributed by atoms with van der Waals surface area (Å²) in [5.74, 6) is 0. The van der Waals surface area contributed by atoms with Crippen LogP contribution < -0.4 is 24.0 Å². The highest BCUT2D eigenvalue weighted by Gasteiger charge is 2.12. The first-order chi connectivity index (χ1) is 7.56. The molecule has 0 fully saturated rings. The molecule has 1 aromatic heterocycles. The number of quaternary nitrogens is 1. The average Bonchev–Trinajstić information content (AvgIpc) is 2.64. The van der Waals surface area contributed by atoms with Gasteiger partial charge in [0.15, 0.2) is 0 Å². The van der Waals surface area contributed by atoms with Gasteiger partial charge in [0, 0.05) is 11.9 Å². The van der Waals surface area contributed by atoms with Crippen molar-refractivity contribution in [2.24, 2.45) is 0 Å². The van der Waals surface area contributed by atoms with Gasteiger partial charge in [-0.25, -0.2) is 0 Å². The summed E-state index contributed by atoms with van der Waals surface area (Å²) in [6, 6.07) is 14.8. The average molecular weight is 342 g/mol. The molecule has 92 valence electrons. The molecule has 0 aliphatic carbocycles. The zero-order valence-electron chi connectivity index (χ0n) is 10.6. The van der Waals surface area contributed by atoms with Gasteiger partial charge in [-0.15, -0.1) is 0 Å². The first-order valence-corrected chi connectivity index (χ1v) is 5.58. The van der Waals surface area contributed by atoms with Crippen molar-refractivity contribution in [3.63, 3.8) is 0 Å². The zero-order chi connectivity index (χ0) is 11.6. The van der Waals surface area contributed by atoms with Gasteiger partial charge in [-0.1, -0.05) is 18.2 Å². The maximum atomic E-state index is 2.25. The number of nitrogens with zero attached hydrogens (tertiary/aromatic N) is 2. The van der Waals surface area contributed by atoms with Gasteiger partial charge in [-0.05, 0) is 24.3 Å². The highest BCUT2D eigenvalue weighted by atomic mass is 127. The second-order valence-electron chi connectivity index (χ2n) is 5.15. The van der Waals surface area contributed by atoms with Crippen molar-refractivity contribution in [1.82, 2.24) is 4.57 Å². The summed E-state index contributed by atoms with van der Waals surface area (Å²) in [7, 11) is 6.63. The molecule has 3 heteroatoms. The largest absolute Gasteiger partial charge is 1.00 e. The fourth-order valence-electron chi connectivity index (χ4n) is 1.87. The smallest absolute Gasteiger partial charge is 0.119 e. The van der Waals surface area contributed by atoms with Crippen molar-refractivity contribution in [3.05, 3.63) is 54.4 Å². The third-order valence-electron chi connectivity index (χ3n) is 2.50. The molecule has 0 radical (unpaired) electrons. The van der Waals surface area contributed by atoms with Gasteiger partial charge < -0.3 is 33.0 Å². The minimum Gasteiger partial charge on any atom is -1.00 e. The van der Waals surface area contributed by atoms with E-state index in [4.69, 9.17) is 0 Å². The van der Waals surface area contributed by atoms with Gasteiger partial charge in [0.05, 0.1) is 26.8 Å². The zero-order valence-corrected chi connectivity index (χ0v) is 12.8. The third kappa shape index (κ3) is 3.85. The van der Waals surface area contributed by atoms with Crippen molar-refractivity contribution in [2.45, 2.75) is 6.54 Å². The van der Waals surface area contributed by atoms with Gasteiger partial charge >= 0.3 is 0 Å². The third-order valence-corrected chi connectivity index (χ3v) is 2.50. The molecule has 0 aliphatic heterocycles. The Balaban J connectivity index is 0.00000144. The van der Waals surface area contributed by atoms with Crippen molar-refractivity contribution in [1.29, 1.82) is 0 Å². The van der Waals surface area contributed by atoms with Crippen LogP contribution >= 0.6 is 0 Å². The van der Waals surface area contributed by atoms with Crippen LogP contribution in [0, 0.1) is 0 Å². The molecule has 2 rings (SSSR count). The Morgan fingerprint density at radius 3 is 2.18 bits per heavy atom. The van der Waals surface area contributed by atoms with Gasteiger partial charge in [0.2, 0.25) is 0 Å². The predicted molar refractivity (Wildman–Crippen MR) is 67.5 cm³/mol. The van der Waals surface area contributed by atoms with Crippen LogP contribution in [-0.4, -0.2) is 30.2 Å². The molecule has 0 spiro atoms. The number of rotatable bonds is 3. The standard InChI is InChI=1S/C14H19N2.HI/c1-16(2,3)12-14-10-7-11-15(14)13-8-5-4-6-9-13;/h4-11H,12H2,1-3H3;1H/q+1;/p-1. The van der Waals surface area contributed by atoms with Crippen molar-refractivity contribution in [2.75, 3.05) is 21.1 Å². The Bertz CT molecular complexity index is 455. The van der Waals surface area contributed by atoms with Crippen LogP contribution in [0.5, 0.6) is 0 Å². The molecule has 1 aromatic carbocycles. The van der Waals surface area contributed by atoms with Crippen LogP contribution in [0.4, 0.5) is 0 Å². The molecular formula is C14H19IN2. The molecule has 0 N–H and O–H groups in total. The summed E-state index contributed by atoms with van der Waals surface area (Å²) in [6.45, 7) is 1.03. The van der Waals surface area contributed by atoms with Crippen LogP contribution in [0.2, 0.25) is 0 Å². The van der Waals surface area contributed by atoms with Crippen LogP contribution in [0.1, 0.15) is 5.69 Å². The molecule has 0 unspecified atom stereocenters. The molecule has 2 nitrogen and oxygen atoms in total. The molecule has 2 aromatic rings. The monoisotopic (exact) mass is 342 g/mol. The first-order valence-electron chi connectivity index (χ1n) is 5.58. The van der Waals surface area contributed by atoms with Crippen molar-refractivity contribution < 1.29 is 28.5 Å². The molecule has 0 bridgehead atoms. The fourth-order valence-corrected chi connectivity index (χ4v) is 1.87. The Morgan fingerprint density at radius 1 is 0.941 bits per heavy atom. The van der Waals surface area contributed by atoms with Gasteiger partial charge in [0.25, 0.3) is 0 Å². The number of para-hydroxylation sites is 1. The highest BCUT2D eigenvalue weighted by Crippen LogP contribution is 2.14. The van der Waals surface area contributed by atoms with E-state index in [1.165, 1.54) is 11.4 Å². The Kier molecular flexibility index (Phi) is 4.77. The van der Waals surface area contributed by atoms with Gasteiger partial charge in [-0.3, -0.25) is 0 Å². The maximum absolute atomic E-state index is 2.25. The van der Waals surface area contributed by atoms with E-state index in [-0.39, 0.29) is 24.0 Å². The molecular weight excluding hydrogens is 323 g/mol. The summed E-state index contributed by atoms with van der Waals surface area (Å²) >= 11 is 0. The number of benzene rings is 1. The van der Waals surface area contributed by atoms with E-state index < -0.39 is 0 Å². The lowest BCUT2D eigenvalue weighted by Gasteiger charge is -2.24. The van der Waals surface area contributed by atoms with E-state index in [1.807, 2.05) is 6.07 Å². The summed E-state index contributed by atoms with van der Waals surface area (Å²) in [4.78, 5) is 0. The van der Waals surface area contributed by atoms with E-state index >= 15 is 0 Å². The lowest BCUT2D eigenvalue weighted by atomic mass is 10.3. The molecule has 0 aliphatic rings. The lowest BCUT2D eigenvalue weighted by Crippen LogP contribution is -3.00. The number of halogens is 1. The first kappa shape index (κ1) is 14.3. The van der Waals surface area contributed by atoms with E-state index in [9.17, 15) is 0 Å². The number of hydrogen-bond donors (Lipinski definition) is 0. The summed E-state index contributed by atoms with van der Waals surface area (Å²) in [5, 5.41) is 0. The van der Waals surface area contributed by atoms with E-state index in [2.05, 4.69) is 68.3 Å². The Labute approximate surface area is 120 Å². The quantitative estimate of drug-likeness (QED) is 0.533. The second kappa shape index (κ2) is 5.69. The molecule has 17 heavy (non-hydrogen) atoms. The molecule has 0 amide bonds. The van der Waals surface area contributed by atoms with Crippen LogP contribution in [-0.2, 0) is 6.54 Å². The van der Waals surface area contributed by atoms with E-state index in [0.717, 1.165) is 11.0 Å². The van der Waals surface area contributed by atoms with Crippen LogP contribution in [0.15, 0.2) is 48.7 Å². The maximum Gasteiger partial charge on any atom is 0.119 e. The second-order valence-corrected chi connectivity index (χ2v) is 5.15.